The minimum Gasteiger partial charge on any atom is -0.497 e. The summed E-state index contributed by atoms with van der Waals surface area (Å²) in [5, 5.41) is 13.4. The molecular weight excluding hydrogens is 322 g/mol. The van der Waals surface area contributed by atoms with Crippen molar-refractivity contribution < 1.29 is 9.84 Å². The molecule has 2 N–H and O–H groups in total. The van der Waals surface area contributed by atoms with E-state index >= 15 is 0 Å². The van der Waals surface area contributed by atoms with Crippen molar-refractivity contribution >= 4 is 0 Å². The van der Waals surface area contributed by atoms with Crippen LogP contribution in [0, 0.1) is 0 Å². The zero-order chi connectivity index (χ0) is 18.9. The topological polar surface area (TPSA) is 41.5 Å². The van der Waals surface area contributed by atoms with Crippen molar-refractivity contribution in [1.29, 1.82) is 0 Å². The molecule has 3 nitrogen and oxygen atoms in total. The van der Waals surface area contributed by atoms with Crippen molar-refractivity contribution in [1.82, 2.24) is 5.32 Å². The van der Waals surface area contributed by atoms with E-state index in [1.807, 2.05) is 12.1 Å². The second kappa shape index (κ2) is 16.1. The molecule has 150 valence electrons. The van der Waals surface area contributed by atoms with Crippen molar-refractivity contribution in [3.63, 3.8) is 0 Å². The second-order valence-electron chi connectivity index (χ2n) is 7.46. The molecule has 1 atom stereocenters. The van der Waals surface area contributed by atoms with Crippen molar-refractivity contribution in [2.24, 2.45) is 0 Å². The van der Waals surface area contributed by atoms with Gasteiger partial charge in [-0.2, -0.15) is 0 Å². The first-order chi connectivity index (χ1) is 12.8. The van der Waals surface area contributed by atoms with Gasteiger partial charge in [-0.15, -0.1) is 0 Å². The lowest BCUT2D eigenvalue weighted by atomic mass is 10.0. The van der Waals surface area contributed by atoms with E-state index < -0.39 is 0 Å². The molecule has 0 spiro atoms. The van der Waals surface area contributed by atoms with Crippen molar-refractivity contribution in [2.75, 3.05) is 13.7 Å². The Bertz CT molecular complexity index is 419. The van der Waals surface area contributed by atoms with Gasteiger partial charge in [-0.05, 0) is 24.1 Å². The summed E-state index contributed by atoms with van der Waals surface area (Å²) in [7, 11) is 1.68. The minimum absolute atomic E-state index is 0.230. The Morgan fingerprint density at radius 2 is 1.38 bits per heavy atom. The van der Waals surface area contributed by atoms with Gasteiger partial charge in [0.05, 0.1) is 13.2 Å². The largest absolute Gasteiger partial charge is 0.497 e. The van der Waals surface area contributed by atoms with Gasteiger partial charge in [0.15, 0.2) is 0 Å². The SMILES string of the molecule is CCCCCCCCCCCCCC(O)CNCc1ccc(OC)cc1. The average molecular weight is 364 g/mol. The van der Waals surface area contributed by atoms with Gasteiger partial charge in [-0.1, -0.05) is 89.7 Å². The van der Waals surface area contributed by atoms with Crippen LogP contribution in [0.4, 0.5) is 0 Å². The maximum Gasteiger partial charge on any atom is 0.118 e. The number of ether oxygens (including phenoxy) is 1. The first kappa shape index (κ1) is 23.0. The number of methoxy groups -OCH3 is 1. The van der Waals surface area contributed by atoms with E-state index in [2.05, 4.69) is 24.4 Å². The molecule has 0 fully saturated rings. The summed E-state index contributed by atoms with van der Waals surface area (Å²) in [6.45, 7) is 3.73. The van der Waals surface area contributed by atoms with Gasteiger partial charge in [0.2, 0.25) is 0 Å². The number of benzene rings is 1. The van der Waals surface area contributed by atoms with Gasteiger partial charge in [-0.25, -0.2) is 0 Å². The van der Waals surface area contributed by atoms with Crippen molar-refractivity contribution in [3.8, 4) is 5.75 Å². The molecular formula is C23H41NO2. The third-order valence-electron chi connectivity index (χ3n) is 5.01. The van der Waals surface area contributed by atoms with E-state index in [1.54, 1.807) is 7.11 Å². The maximum absolute atomic E-state index is 10.1. The van der Waals surface area contributed by atoms with Crippen LogP contribution in [-0.2, 0) is 6.54 Å². The fourth-order valence-electron chi connectivity index (χ4n) is 3.27. The maximum atomic E-state index is 10.1. The van der Waals surface area contributed by atoms with Crippen LogP contribution in [0.1, 0.15) is 89.5 Å². The second-order valence-corrected chi connectivity index (χ2v) is 7.46. The van der Waals surface area contributed by atoms with Gasteiger partial charge >= 0.3 is 0 Å². The van der Waals surface area contributed by atoms with Gasteiger partial charge < -0.3 is 15.2 Å². The zero-order valence-corrected chi connectivity index (χ0v) is 17.1. The summed E-state index contributed by atoms with van der Waals surface area (Å²) < 4.78 is 5.16. The highest BCUT2D eigenvalue weighted by Crippen LogP contribution is 2.13. The number of nitrogens with one attached hydrogen (secondary N) is 1. The first-order valence-electron chi connectivity index (χ1n) is 10.8. The van der Waals surface area contributed by atoms with Crippen molar-refractivity contribution in [3.05, 3.63) is 29.8 Å². The predicted molar refractivity (Wildman–Crippen MR) is 112 cm³/mol. The van der Waals surface area contributed by atoms with E-state index in [1.165, 1.54) is 69.8 Å². The molecule has 3 heteroatoms. The molecule has 1 rings (SSSR count). The number of hydrogen-bond donors (Lipinski definition) is 2. The fourth-order valence-corrected chi connectivity index (χ4v) is 3.27. The van der Waals surface area contributed by atoms with E-state index in [-0.39, 0.29) is 6.10 Å². The van der Waals surface area contributed by atoms with Crippen LogP contribution in [0.25, 0.3) is 0 Å². The number of hydrogen-bond acceptors (Lipinski definition) is 3. The molecule has 0 aromatic heterocycles. The Labute approximate surface area is 161 Å². The Morgan fingerprint density at radius 1 is 0.846 bits per heavy atom. The lowest BCUT2D eigenvalue weighted by Gasteiger charge is -2.12. The van der Waals surface area contributed by atoms with Gasteiger partial charge in [0.1, 0.15) is 5.75 Å². The normalized spacial score (nSPS) is 12.3. The lowest BCUT2D eigenvalue weighted by Crippen LogP contribution is -2.26. The number of aliphatic hydroxyl groups excluding tert-OH is 1. The zero-order valence-electron chi connectivity index (χ0n) is 17.1. The molecule has 0 amide bonds. The fraction of sp³-hybridized carbons (Fsp3) is 0.739. The summed E-state index contributed by atoms with van der Waals surface area (Å²) >= 11 is 0. The standard InChI is InChI=1S/C23H41NO2/c1-3-4-5-6-7-8-9-10-11-12-13-14-22(25)20-24-19-21-15-17-23(26-2)18-16-21/h15-18,22,24-25H,3-14,19-20H2,1-2H3. The number of aliphatic hydroxyl groups is 1. The Morgan fingerprint density at radius 3 is 1.92 bits per heavy atom. The molecule has 1 aromatic rings. The summed E-state index contributed by atoms with van der Waals surface area (Å²) in [5.41, 5.74) is 1.22. The summed E-state index contributed by atoms with van der Waals surface area (Å²) in [4.78, 5) is 0. The van der Waals surface area contributed by atoms with E-state index in [0.717, 1.165) is 25.1 Å². The highest BCUT2D eigenvalue weighted by atomic mass is 16.5. The van der Waals surface area contributed by atoms with E-state index in [9.17, 15) is 5.11 Å². The Hall–Kier alpha value is -1.06. The highest BCUT2D eigenvalue weighted by molar-refractivity contribution is 5.26. The minimum atomic E-state index is -0.230. The summed E-state index contributed by atoms with van der Waals surface area (Å²) in [6.07, 6.45) is 15.5. The van der Waals surface area contributed by atoms with Crippen LogP contribution in [0.15, 0.2) is 24.3 Å². The third kappa shape index (κ3) is 12.3. The van der Waals surface area contributed by atoms with E-state index in [4.69, 9.17) is 4.74 Å². The predicted octanol–water partition coefficient (Wildman–Crippen LogP) is 5.85. The van der Waals surface area contributed by atoms with E-state index in [0.29, 0.717) is 6.54 Å². The van der Waals surface area contributed by atoms with Gasteiger partial charge in [0, 0.05) is 13.1 Å². The van der Waals surface area contributed by atoms with Crippen LogP contribution >= 0.6 is 0 Å². The molecule has 0 saturated heterocycles. The molecule has 0 radical (unpaired) electrons. The molecule has 1 unspecified atom stereocenters. The summed E-state index contributed by atoms with van der Waals surface area (Å²) in [5.74, 6) is 0.880. The molecule has 0 aliphatic carbocycles. The Kier molecular flexibility index (Phi) is 14.3. The number of rotatable bonds is 17. The molecule has 0 saturated carbocycles. The molecule has 0 aliphatic heterocycles. The lowest BCUT2D eigenvalue weighted by molar-refractivity contribution is 0.157. The molecule has 26 heavy (non-hydrogen) atoms. The molecule has 0 heterocycles. The average Bonchev–Trinajstić information content (AvgIpc) is 2.66. The number of unbranched alkanes of at least 4 members (excludes halogenated alkanes) is 10. The van der Waals surface area contributed by atoms with Crippen LogP contribution in [0.3, 0.4) is 0 Å². The van der Waals surface area contributed by atoms with Crippen LogP contribution in [0.5, 0.6) is 5.75 Å². The molecule has 0 aliphatic rings. The monoisotopic (exact) mass is 363 g/mol. The van der Waals surface area contributed by atoms with Crippen LogP contribution in [0.2, 0.25) is 0 Å². The molecule has 0 bridgehead atoms. The first-order valence-corrected chi connectivity index (χ1v) is 10.8. The highest BCUT2D eigenvalue weighted by Gasteiger charge is 2.03. The van der Waals surface area contributed by atoms with Gasteiger partial charge in [-0.3, -0.25) is 0 Å². The Balaban J connectivity index is 1.88. The third-order valence-corrected chi connectivity index (χ3v) is 5.01. The molecule has 1 aromatic carbocycles. The van der Waals surface area contributed by atoms with Crippen LogP contribution in [-0.4, -0.2) is 24.9 Å². The quantitative estimate of drug-likeness (QED) is 0.341. The van der Waals surface area contributed by atoms with Crippen molar-refractivity contribution in [2.45, 2.75) is 96.6 Å². The van der Waals surface area contributed by atoms with Gasteiger partial charge in [0.25, 0.3) is 0 Å². The van der Waals surface area contributed by atoms with Crippen LogP contribution < -0.4 is 10.1 Å². The smallest absolute Gasteiger partial charge is 0.118 e. The summed E-state index contributed by atoms with van der Waals surface area (Å²) in [6, 6.07) is 8.06.